The van der Waals surface area contributed by atoms with Crippen LogP contribution in [0.1, 0.15) is 60.3 Å². The van der Waals surface area contributed by atoms with E-state index in [9.17, 15) is 9.90 Å². The molecule has 2 aromatic rings. The highest BCUT2D eigenvalue weighted by molar-refractivity contribution is 8.01. The van der Waals surface area contributed by atoms with E-state index in [4.69, 9.17) is 9.47 Å². The number of benzene rings is 1. The van der Waals surface area contributed by atoms with Gasteiger partial charge in [-0.05, 0) is 71.4 Å². The molecular weight excluding hydrogens is 406 g/mol. The largest absolute Gasteiger partial charge is 0.460 e. The molecule has 1 aromatic heterocycles. The molecule has 3 rings (SSSR count). The van der Waals surface area contributed by atoms with Crippen LogP contribution in [0.5, 0.6) is 0 Å². The number of fused-ring (bicyclic) bond motifs is 1. The van der Waals surface area contributed by atoms with E-state index in [-0.39, 0.29) is 17.5 Å². The minimum Gasteiger partial charge on any atom is -0.460 e. The van der Waals surface area contributed by atoms with Crippen molar-refractivity contribution in [2.24, 2.45) is 5.41 Å². The lowest BCUT2D eigenvalue weighted by Gasteiger charge is -2.29. The Balaban J connectivity index is 1.63. The van der Waals surface area contributed by atoms with Gasteiger partial charge in [-0.1, -0.05) is 23.9 Å². The van der Waals surface area contributed by atoms with Crippen LogP contribution in [0.15, 0.2) is 28.6 Å². The van der Waals surface area contributed by atoms with Gasteiger partial charge < -0.3 is 14.6 Å². The molecule has 160 valence electrons. The van der Waals surface area contributed by atoms with E-state index in [0.717, 1.165) is 29.1 Å². The Morgan fingerprint density at radius 3 is 2.55 bits per heavy atom. The van der Waals surface area contributed by atoms with Crippen molar-refractivity contribution < 1.29 is 19.4 Å². The highest BCUT2D eigenvalue weighted by atomic mass is 32.2. The first-order chi connectivity index (χ1) is 13.4. The summed E-state index contributed by atoms with van der Waals surface area (Å²) in [5.41, 5.74) is 0.453. The summed E-state index contributed by atoms with van der Waals surface area (Å²) in [5, 5.41) is 10.2. The summed E-state index contributed by atoms with van der Waals surface area (Å²) in [5.74, 6) is -0.698. The lowest BCUT2D eigenvalue weighted by atomic mass is 9.95. The third kappa shape index (κ3) is 7.24. The average molecular weight is 438 g/mol. The number of aliphatic hydroxyl groups is 1. The molecule has 5 nitrogen and oxygen atoms in total. The molecule has 1 N–H and O–H groups in total. The predicted octanol–water partition coefficient (Wildman–Crippen LogP) is 5.40. The maximum Gasteiger partial charge on any atom is 0.306 e. The molecule has 1 fully saturated rings. The normalized spacial score (nSPS) is 17.3. The van der Waals surface area contributed by atoms with Gasteiger partial charge in [-0.15, -0.1) is 11.3 Å². The molecule has 1 aliphatic rings. The third-order valence-corrected chi connectivity index (χ3v) is 6.99. The fourth-order valence-electron chi connectivity index (χ4n) is 3.42. The first-order valence-corrected chi connectivity index (χ1v) is 11.8. The van der Waals surface area contributed by atoms with Gasteiger partial charge in [0.15, 0.2) is 10.1 Å². The molecule has 1 aliphatic carbocycles. The van der Waals surface area contributed by atoms with E-state index in [0.29, 0.717) is 12.2 Å². The van der Waals surface area contributed by atoms with Crippen LogP contribution < -0.4 is 0 Å². The topological polar surface area (TPSA) is 68.7 Å². The van der Waals surface area contributed by atoms with Gasteiger partial charge in [-0.2, -0.15) is 0 Å². The molecule has 0 radical (unpaired) electrons. The number of para-hydroxylation sites is 1. The Labute approximate surface area is 181 Å². The molecule has 0 amide bonds. The maximum absolute atomic E-state index is 12.3. The molecule has 0 aliphatic heterocycles. The number of hydrogen-bond acceptors (Lipinski definition) is 7. The highest BCUT2D eigenvalue weighted by Crippen LogP contribution is 2.53. The molecule has 1 atom stereocenters. The SMILES string of the molecule is CC(C)(C)OC(=O)CC1(C[C@@H](CSc2nc3ccccc3s2)OC(C)(C)O)CC1. The van der Waals surface area contributed by atoms with Crippen molar-refractivity contribution in [3.8, 4) is 0 Å². The first kappa shape index (κ1) is 22.5. The fourth-order valence-corrected chi connectivity index (χ4v) is 5.50. The van der Waals surface area contributed by atoms with Crippen molar-refractivity contribution in [2.75, 3.05) is 5.75 Å². The molecule has 29 heavy (non-hydrogen) atoms. The second-order valence-electron chi connectivity index (χ2n) is 9.41. The third-order valence-electron chi connectivity index (χ3n) is 4.68. The summed E-state index contributed by atoms with van der Waals surface area (Å²) in [6.07, 6.45) is 2.95. The Morgan fingerprint density at radius 2 is 1.97 bits per heavy atom. The van der Waals surface area contributed by atoms with Crippen LogP contribution in [0.2, 0.25) is 0 Å². The van der Waals surface area contributed by atoms with Crippen LogP contribution in [0.25, 0.3) is 10.2 Å². The Hall–Kier alpha value is -1.15. The Kier molecular flexibility index (Phi) is 6.63. The maximum atomic E-state index is 12.3. The van der Waals surface area contributed by atoms with Gasteiger partial charge in [0.05, 0.1) is 22.7 Å². The number of esters is 1. The molecular formula is C22H31NO4S2. The standard InChI is InChI=1S/C22H31NO4S2/c1-20(2,3)27-18(24)13-22(10-11-22)12-15(26-21(4,5)25)14-28-19-23-16-8-6-7-9-17(16)29-19/h6-9,15,25H,10-14H2,1-5H3/t15-/m0/s1. The van der Waals surface area contributed by atoms with E-state index >= 15 is 0 Å². The van der Waals surface area contributed by atoms with Gasteiger partial charge in [0, 0.05) is 5.75 Å². The zero-order chi connectivity index (χ0) is 21.3. The molecule has 1 aromatic carbocycles. The second kappa shape index (κ2) is 8.53. The number of aromatic nitrogens is 1. The number of carbonyl (C=O) groups is 1. The number of carbonyl (C=O) groups excluding carboxylic acids is 1. The van der Waals surface area contributed by atoms with Gasteiger partial charge in [-0.25, -0.2) is 4.98 Å². The number of rotatable bonds is 9. The van der Waals surface area contributed by atoms with E-state index in [1.165, 1.54) is 4.70 Å². The molecule has 0 saturated heterocycles. The number of hydrogen-bond donors (Lipinski definition) is 1. The summed E-state index contributed by atoms with van der Waals surface area (Å²) in [4.78, 5) is 17.0. The van der Waals surface area contributed by atoms with Gasteiger partial charge >= 0.3 is 5.97 Å². The summed E-state index contributed by atoms with van der Waals surface area (Å²) in [6.45, 7) is 8.96. The number of thiazole rings is 1. The zero-order valence-corrected chi connectivity index (χ0v) is 19.5. The van der Waals surface area contributed by atoms with E-state index < -0.39 is 11.4 Å². The van der Waals surface area contributed by atoms with Crippen LogP contribution >= 0.6 is 23.1 Å². The smallest absolute Gasteiger partial charge is 0.306 e. The van der Waals surface area contributed by atoms with Crippen molar-refractivity contribution in [1.82, 2.24) is 4.98 Å². The lowest BCUT2D eigenvalue weighted by molar-refractivity contribution is -0.204. The predicted molar refractivity (Wildman–Crippen MR) is 118 cm³/mol. The van der Waals surface area contributed by atoms with E-state index in [2.05, 4.69) is 11.1 Å². The molecule has 0 unspecified atom stereocenters. The quantitative estimate of drug-likeness (QED) is 0.322. The van der Waals surface area contributed by atoms with Gasteiger partial charge in [-0.3, -0.25) is 4.79 Å². The Morgan fingerprint density at radius 1 is 1.28 bits per heavy atom. The minimum absolute atomic E-state index is 0.0770. The minimum atomic E-state index is -1.22. The second-order valence-corrected chi connectivity index (χ2v) is 11.7. The number of ether oxygens (including phenoxy) is 2. The van der Waals surface area contributed by atoms with Crippen LogP contribution in [0, 0.1) is 5.41 Å². The fraction of sp³-hybridized carbons (Fsp3) is 0.636. The van der Waals surface area contributed by atoms with E-state index in [1.54, 1.807) is 36.9 Å². The molecule has 0 spiro atoms. The molecule has 1 heterocycles. The summed E-state index contributed by atoms with van der Waals surface area (Å²) in [6, 6.07) is 8.09. The van der Waals surface area contributed by atoms with Crippen molar-refractivity contribution in [1.29, 1.82) is 0 Å². The summed E-state index contributed by atoms with van der Waals surface area (Å²) in [7, 11) is 0. The number of nitrogens with zero attached hydrogens (tertiary/aromatic N) is 1. The summed E-state index contributed by atoms with van der Waals surface area (Å²) < 4.78 is 13.6. The summed E-state index contributed by atoms with van der Waals surface area (Å²) >= 11 is 3.31. The van der Waals surface area contributed by atoms with Crippen molar-refractivity contribution in [2.45, 2.75) is 82.1 Å². The van der Waals surface area contributed by atoms with Crippen LogP contribution in [-0.2, 0) is 14.3 Å². The van der Waals surface area contributed by atoms with Crippen LogP contribution in [0.3, 0.4) is 0 Å². The Bertz CT molecular complexity index is 813. The van der Waals surface area contributed by atoms with Crippen molar-refractivity contribution >= 4 is 39.3 Å². The first-order valence-electron chi connectivity index (χ1n) is 10.0. The van der Waals surface area contributed by atoms with Crippen LogP contribution in [-0.4, -0.2) is 39.3 Å². The highest BCUT2D eigenvalue weighted by Gasteiger charge is 2.47. The monoisotopic (exact) mass is 437 g/mol. The van der Waals surface area contributed by atoms with Gasteiger partial charge in [0.25, 0.3) is 0 Å². The zero-order valence-electron chi connectivity index (χ0n) is 17.9. The molecule has 0 bridgehead atoms. The molecule has 1 saturated carbocycles. The van der Waals surface area contributed by atoms with Gasteiger partial charge in [0.1, 0.15) is 5.60 Å². The van der Waals surface area contributed by atoms with Crippen molar-refractivity contribution in [3.05, 3.63) is 24.3 Å². The van der Waals surface area contributed by atoms with Gasteiger partial charge in [0.2, 0.25) is 0 Å². The molecule has 7 heteroatoms. The number of thioether (sulfide) groups is 1. The average Bonchev–Trinajstić information content (AvgIpc) is 3.16. The van der Waals surface area contributed by atoms with Crippen LogP contribution in [0.4, 0.5) is 0 Å². The van der Waals surface area contributed by atoms with Crippen molar-refractivity contribution in [3.63, 3.8) is 0 Å². The van der Waals surface area contributed by atoms with E-state index in [1.807, 2.05) is 39.0 Å². The lowest BCUT2D eigenvalue weighted by Crippen LogP contribution is -2.34.